The summed E-state index contributed by atoms with van der Waals surface area (Å²) in [7, 11) is 0. The van der Waals surface area contributed by atoms with E-state index < -0.39 is 0 Å². The normalized spacial score (nSPS) is 28.8. The Hall–Kier alpha value is -2.17. The van der Waals surface area contributed by atoms with Crippen molar-refractivity contribution in [2.45, 2.75) is 58.0 Å². The van der Waals surface area contributed by atoms with Crippen LogP contribution in [-0.4, -0.2) is 41.1 Å². The molecule has 3 fully saturated rings. The highest BCUT2D eigenvalue weighted by Gasteiger charge is 2.47. The maximum Gasteiger partial charge on any atom is 0.228 e. The van der Waals surface area contributed by atoms with Crippen molar-refractivity contribution in [3.63, 3.8) is 0 Å². The largest absolute Gasteiger partial charge is 0.336 e. The molecule has 5 heteroatoms. The van der Waals surface area contributed by atoms with Crippen molar-refractivity contribution in [2.75, 3.05) is 11.4 Å². The Morgan fingerprint density at radius 1 is 1.04 bits per heavy atom. The van der Waals surface area contributed by atoms with Crippen LogP contribution in [0.15, 0.2) is 18.2 Å². The maximum absolute atomic E-state index is 13.1. The van der Waals surface area contributed by atoms with E-state index in [1.165, 1.54) is 0 Å². The van der Waals surface area contributed by atoms with Gasteiger partial charge < -0.3 is 9.80 Å². The topological polar surface area (TPSA) is 57.7 Å². The van der Waals surface area contributed by atoms with E-state index in [0.717, 1.165) is 29.7 Å². The van der Waals surface area contributed by atoms with E-state index in [1.807, 2.05) is 36.9 Å². The van der Waals surface area contributed by atoms with Crippen LogP contribution in [0.5, 0.6) is 0 Å². The molecule has 25 heavy (non-hydrogen) atoms. The second-order valence-electron chi connectivity index (χ2n) is 7.70. The number of piperidine rings is 1. The molecule has 2 amide bonds. The van der Waals surface area contributed by atoms with Gasteiger partial charge in [0.2, 0.25) is 11.8 Å². The van der Waals surface area contributed by atoms with Gasteiger partial charge >= 0.3 is 0 Å². The second kappa shape index (κ2) is 5.97. The van der Waals surface area contributed by atoms with Gasteiger partial charge in [-0.3, -0.25) is 14.4 Å². The minimum atomic E-state index is -0.288. The van der Waals surface area contributed by atoms with Gasteiger partial charge in [0.15, 0.2) is 0 Å². The van der Waals surface area contributed by atoms with Crippen LogP contribution in [0.2, 0.25) is 0 Å². The minimum absolute atomic E-state index is 0.0208. The van der Waals surface area contributed by atoms with E-state index in [4.69, 9.17) is 0 Å². The van der Waals surface area contributed by atoms with E-state index in [1.54, 1.807) is 4.90 Å². The zero-order chi connectivity index (χ0) is 17.7. The molecule has 3 aliphatic heterocycles. The Morgan fingerprint density at radius 2 is 1.72 bits per heavy atom. The second-order valence-corrected chi connectivity index (χ2v) is 7.70. The van der Waals surface area contributed by atoms with Crippen molar-refractivity contribution >= 4 is 23.3 Å². The Balaban J connectivity index is 1.54. The van der Waals surface area contributed by atoms with E-state index in [2.05, 4.69) is 0 Å². The number of ketones is 1. The quantitative estimate of drug-likeness (QED) is 0.830. The number of nitrogens with zero attached hydrogens (tertiary/aromatic N) is 2. The lowest BCUT2D eigenvalue weighted by Gasteiger charge is -2.35. The zero-order valence-corrected chi connectivity index (χ0v) is 14.8. The van der Waals surface area contributed by atoms with Gasteiger partial charge in [0.05, 0.1) is 5.92 Å². The first-order valence-corrected chi connectivity index (χ1v) is 9.16. The first kappa shape index (κ1) is 16.3. The van der Waals surface area contributed by atoms with Crippen LogP contribution in [0.3, 0.4) is 0 Å². The molecule has 0 aromatic heterocycles. The molecule has 4 rings (SSSR count). The monoisotopic (exact) mass is 340 g/mol. The van der Waals surface area contributed by atoms with Crippen LogP contribution in [-0.2, 0) is 14.4 Å². The van der Waals surface area contributed by atoms with Gasteiger partial charge in [0.25, 0.3) is 0 Å². The maximum atomic E-state index is 13.1. The lowest BCUT2D eigenvalue weighted by Crippen LogP contribution is -2.49. The van der Waals surface area contributed by atoms with E-state index in [9.17, 15) is 14.4 Å². The summed E-state index contributed by atoms with van der Waals surface area (Å²) in [5.41, 5.74) is 3.15. The third-order valence-corrected chi connectivity index (χ3v) is 6.14. The predicted molar refractivity (Wildman–Crippen MR) is 94.3 cm³/mol. The molecule has 1 aromatic carbocycles. The van der Waals surface area contributed by atoms with Gasteiger partial charge in [-0.1, -0.05) is 12.1 Å². The molecule has 2 bridgehead atoms. The van der Waals surface area contributed by atoms with Gasteiger partial charge in [-0.15, -0.1) is 0 Å². The number of fused-ring (bicyclic) bond motifs is 2. The molecule has 0 spiro atoms. The van der Waals surface area contributed by atoms with E-state index in [-0.39, 0.29) is 42.0 Å². The molecule has 3 atom stereocenters. The van der Waals surface area contributed by atoms with Crippen LogP contribution in [0.25, 0.3) is 0 Å². The summed E-state index contributed by atoms with van der Waals surface area (Å²) >= 11 is 0. The molecule has 0 unspecified atom stereocenters. The van der Waals surface area contributed by atoms with Crippen molar-refractivity contribution in [3.05, 3.63) is 29.3 Å². The molecule has 0 aliphatic carbocycles. The molecule has 1 aromatic rings. The van der Waals surface area contributed by atoms with Gasteiger partial charge in [-0.05, 0) is 43.9 Å². The molecular formula is C20H24N2O3. The summed E-state index contributed by atoms with van der Waals surface area (Å²) in [6.07, 6.45) is 3.09. The first-order chi connectivity index (χ1) is 12.0. The molecule has 132 valence electrons. The fourth-order valence-corrected chi connectivity index (χ4v) is 4.68. The fourth-order valence-electron chi connectivity index (χ4n) is 4.68. The number of carbonyl (C=O) groups excluding carboxylic acids is 3. The average Bonchev–Trinajstić information content (AvgIpc) is 3.08. The Kier molecular flexibility index (Phi) is 3.89. The number of Topliss-reactive ketones (excluding diaryl/α,β-unsaturated/α-hetero) is 1. The molecule has 0 saturated carbocycles. The standard InChI is InChI=1S/C20H24N2O3/c1-12-4-3-5-18(13(12)2)21-11-14(8-19(21)24)20(25)22-15-6-7-16(22)10-17(23)9-15/h3-5,14-16H,6-11H2,1-2H3/t14-,15+,16+/m1/s1. The van der Waals surface area contributed by atoms with Gasteiger partial charge in [0.1, 0.15) is 5.78 Å². The highest BCUT2D eigenvalue weighted by Crippen LogP contribution is 2.37. The summed E-state index contributed by atoms with van der Waals surface area (Å²) in [4.78, 5) is 41.1. The number of anilines is 1. The van der Waals surface area contributed by atoms with Crippen LogP contribution in [0.4, 0.5) is 5.69 Å². The molecule has 3 aliphatic rings. The molecule has 3 heterocycles. The lowest BCUT2D eigenvalue weighted by molar-refractivity contribution is -0.142. The molecule has 0 radical (unpaired) electrons. The number of carbonyl (C=O) groups is 3. The Morgan fingerprint density at radius 3 is 2.40 bits per heavy atom. The number of hydrogen-bond acceptors (Lipinski definition) is 3. The number of aryl methyl sites for hydroxylation is 1. The molecule has 5 nitrogen and oxygen atoms in total. The third kappa shape index (κ3) is 2.66. The average molecular weight is 340 g/mol. The third-order valence-electron chi connectivity index (χ3n) is 6.14. The smallest absolute Gasteiger partial charge is 0.228 e. The SMILES string of the molecule is Cc1cccc(N2C[C@H](C(=O)N3[C@H]4CC[C@H]3CC(=O)C4)CC2=O)c1C. The van der Waals surface area contributed by atoms with Crippen LogP contribution < -0.4 is 4.90 Å². The number of amides is 2. The summed E-state index contributed by atoms with van der Waals surface area (Å²) < 4.78 is 0. The van der Waals surface area contributed by atoms with Crippen LogP contribution in [0.1, 0.15) is 43.2 Å². The highest BCUT2D eigenvalue weighted by molar-refractivity contribution is 6.01. The number of rotatable bonds is 2. The Bertz CT molecular complexity index is 741. The highest BCUT2D eigenvalue weighted by atomic mass is 16.2. The summed E-state index contributed by atoms with van der Waals surface area (Å²) in [5.74, 6) is 0.0772. The fraction of sp³-hybridized carbons (Fsp3) is 0.550. The minimum Gasteiger partial charge on any atom is -0.336 e. The van der Waals surface area contributed by atoms with Crippen LogP contribution >= 0.6 is 0 Å². The predicted octanol–water partition coefficient (Wildman–Crippen LogP) is 2.38. The summed E-state index contributed by atoms with van der Waals surface area (Å²) in [6.45, 7) is 4.50. The van der Waals surface area contributed by atoms with Gasteiger partial charge in [0, 0.05) is 43.6 Å². The first-order valence-electron chi connectivity index (χ1n) is 9.16. The van der Waals surface area contributed by atoms with Crippen molar-refractivity contribution in [3.8, 4) is 0 Å². The number of hydrogen-bond donors (Lipinski definition) is 0. The molecular weight excluding hydrogens is 316 g/mol. The van der Waals surface area contributed by atoms with E-state index >= 15 is 0 Å². The van der Waals surface area contributed by atoms with Crippen molar-refractivity contribution < 1.29 is 14.4 Å². The van der Waals surface area contributed by atoms with Gasteiger partial charge in [-0.2, -0.15) is 0 Å². The molecule has 0 N–H and O–H groups in total. The van der Waals surface area contributed by atoms with Crippen molar-refractivity contribution in [1.82, 2.24) is 4.90 Å². The lowest BCUT2D eigenvalue weighted by atomic mass is 9.98. The van der Waals surface area contributed by atoms with E-state index in [0.29, 0.717) is 19.4 Å². The van der Waals surface area contributed by atoms with Crippen LogP contribution in [0, 0.1) is 19.8 Å². The molecule has 3 saturated heterocycles. The zero-order valence-electron chi connectivity index (χ0n) is 14.8. The Labute approximate surface area is 148 Å². The van der Waals surface area contributed by atoms with Gasteiger partial charge in [-0.25, -0.2) is 0 Å². The summed E-state index contributed by atoms with van der Waals surface area (Å²) in [6, 6.07) is 6.06. The van der Waals surface area contributed by atoms with Crippen molar-refractivity contribution in [2.24, 2.45) is 5.92 Å². The van der Waals surface area contributed by atoms with Crippen molar-refractivity contribution in [1.29, 1.82) is 0 Å². The number of benzene rings is 1. The summed E-state index contributed by atoms with van der Waals surface area (Å²) in [5, 5.41) is 0.